The molecule has 34 heavy (non-hydrogen) atoms. The van der Waals surface area contributed by atoms with Crippen molar-refractivity contribution in [3.8, 4) is 0 Å². The molecule has 0 unspecified atom stereocenters. The van der Waals surface area contributed by atoms with Gasteiger partial charge in [0, 0.05) is 36.5 Å². The molecule has 0 bridgehead atoms. The summed E-state index contributed by atoms with van der Waals surface area (Å²) in [6.45, 7) is 8.32. The highest BCUT2D eigenvalue weighted by Gasteiger charge is 2.62. The smallest absolute Gasteiger partial charge is 0.444 e. The van der Waals surface area contributed by atoms with E-state index >= 15 is 0 Å². The molecule has 1 aromatic rings. The zero-order chi connectivity index (χ0) is 24.9. The number of halogens is 3. The summed E-state index contributed by atoms with van der Waals surface area (Å²) in [6.07, 6.45) is -0.999. The Morgan fingerprint density at radius 3 is 2.29 bits per heavy atom. The molecule has 2 saturated carbocycles. The molecule has 2 amide bonds. The van der Waals surface area contributed by atoms with Gasteiger partial charge in [0.2, 0.25) is 0 Å². The summed E-state index contributed by atoms with van der Waals surface area (Å²) in [7, 11) is 0. The van der Waals surface area contributed by atoms with E-state index < -0.39 is 35.9 Å². The second-order valence-electron chi connectivity index (χ2n) is 11.0. The number of hydrogen-bond acceptors (Lipinski definition) is 3. The van der Waals surface area contributed by atoms with Crippen molar-refractivity contribution < 1.29 is 27.5 Å². The minimum absolute atomic E-state index is 0.0484. The lowest BCUT2D eigenvalue weighted by Crippen LogP contribution is -2.69. The number of rotatable bonds is 5. The van der Waals surface area contributed by atoms with E-state index in [1.165, 1.54) is 0 Å². The average Bonchev–Trinajstić information content (AvgIpc) is 3.45. The monoisotopic (exact) mass is 478 g/mol. The number of carbonyl (C=O) groups is 2. The number of benzene rings is 1. The maximum absolute atomic E-state index is 13.5. The van der Waals surface area contributed by atoms with Gasteiger partial charge >= 0.3 is 18.2 Å². The van der Waals surface area contributed by atoms with Crippen LogP contribution in [0.5, 0.6) is 0 Å². The van der Waals surface area contributed by atoms with Gasteiger partial charge in [-0.3, -0.25) is 4.79 Å². The summed E-state index contributed by atoms with van der Waals surface area (Å²) in [5.74, 6) is -1.79. The number of hydrogen-bond donors (Lipinski definition) is 0. The van der Waals surface area contributed by atoms with Crippen LogP contribution in [-0.4, -0.2) is 58.8 Å². The molecular formula is C26H33F3N2O3. The van der Waals surface area contributed by atoms with Crippen LogP contribution in [0.15, 0.2) is 35.9 Å². The van der Waals surface area contributed by atoms with Gasteiger partial charge in [-0.15, -0.1) is 0 Å². The molecule has 1 aromatic carbocycles. The number of carbonyl (C=O) groups excluding carboxylic acids is 2. The Morgan fingerprint density at radius 1 is 1.15 bits per heavy atom. The molecular weight excluding hydrogens is 445 g/mol. The lowest BCUT2D eigenvalue weighted by Gasteiger charge is -2.60. The first-order chi connectivity index (χ1) is 15.8. The summed E-state index contributed by atoms with van der Waals surface area (Å²) in [5, 5.41) is 0. The zero-order valence-electron chi connectivity index (χ0n) is 20.2. The number of nitrogens with zero attached hydrogens (tertiary/aromatic N) is 2. The van der Waals surface area contributed by atoms with Crippen molar-refractivity contribution >= 4 is 18.1 Å². The Labute approximate surface area is 198 Å². The van der Waals surface area contributed by atoms with E-state index in [1.54, 1.807) is 25.7 Å². The summed E-state index contributed by atoms with van der Waals surface area (Å²) >= 11 is 0. The van der Waals surface area contributed by atoms with E-state index in [4.69, 9.17) is 4.74 Å². The van der Waals surface area contributed by atoms with Crippen LogP contribution >= 0.6 is 0 Å². The van der Waals surface area contributed by atoms with Crippen LogP contribution in [0, 0.1) is 11.3 Å². The fraction of sp³-hybridized carbons (Fsp3) is 0.615. The molecule has 3 aliphatic rings. The van der Waals surface area contributed by atoms with E-state index in [0.29, 0.717) is 32.4 Å². The van der Waals surface area contributed by atoms with E-state index in [1.807, 2.05) is 43.3 Å². The molecule has 0 N–H and O–H groups in total. The van der Waals surface area contributed by atoms with Gasteiger partial charge in [0.25, 0.3) is 0 Å². The Kier molecular flexibility index (Phi) is 6.23. The van der Waals surface area contributed by atoms with E-state index in [9.17, 15) is 22.8 Å². The van der Waals surface area contributed by atoms with E-state index in [2.05, 4.69) is 0 Å². The van der Waals surface area contributed by atoms with Crippen molar-refractivity contribution in [2.75, 3.05) is 13.1 Å². The van der Waals surface area contributed by atoms with Gasteiger partial charge < -0.3 is 14.5 Å². The van der Waals surface area contributed by atoms with E-state index in [0.717, 1.165) is 22.5 Å². The molecule has 1 spiro atoms. The number of amides is 2. The Bertz CT molecular complexity index is 954. The minimum atomic E-state index is -4.90. The molecule has 5 nitrogen and oxygen atoms in total. The van der Waals surface area contributed by atoms with Crippen LogP contribution in [0.4, 0.5) is 18.0 Å². The maximum Gasteiger partial charge on any atom is 0.471 e. The van der Waals surface area contributed by atoms with Crippen LogP contribution in [0.2, 0.25) is 0 Å². The zero-order valence-corrected chi connectivity index (χ0v) is 20.2. The largest absolute Gasteiger partial charge is 0.471 e. The summed E-state index contributed by atoms with van der Waals surface area (Å²) in [4.78, 5) is 27.4. The maximum atomic E-state index is 13.5. The number of alkyl halides is 3. The third kappa shape index (κ3) is 5.10. The highest BCUT2D eigenvalue weighted by Crippen LogP contribution is 2.55. The lowest BCUT2D eigenvalue weighted by atomic mass is 9.60. The lowest BCUT2D eigenvalue weighted by molar-refractivity contribution is -0.197. The molecule has 1 heterocycles. The minimum Gasteiger partial charge on any atom is -0.444 e. The van der Waals surface area contributed by atoms with Crippen molar-refractivity contribution in [1.82, 2.24) is 9.80 Å². The molecule has 1 saturated heterocycles. The third-order valence-electron chi connectivity index (χ3n) is 7.06. The van der Waals surface area contributed by atoms with E-state index in [-0.39, 0.29) is 11.3 Å². The van der Waals surface area contributed by atoms with Crippen LogP contribution in [0.1, 0.15) is 58.9 Å². The van der Waals surface area contributed by atoms with Crippen molar-refractivity contribution in [3.63, 3.8) is 0 Å². The van der Waals surface area contributed by atoms with Gasteiger partial charge in [-0.2, -0.15) is 13.2 Å². The highest BCUT2D eigenvalue weighted by molar-refractivity contribution is 5.83. The Morgan fingerprint density at radius 2 is 1.76 bits per heavy atom. The molecule has 2 atom stereocenters. The van der Waals surface area contributed by atoms with Gasteiger partial charge in [-0.1, -0.05) is 48.9 Å². The van der Waals surface area contributed by atoms with Crippen molar-refractivity contribution in [1.29, 1.82) is 0 Å². The molecule has 0 aromatic heterocycles. The van der Waals surface area contributed by atoms with Gasteiger partial charge in [0.15, 0.2) is 0 Å². The molecule has 4 rings (SSSR count). The Hall–Kier alpha value is -2.51. The first-order valence-corrected chi connectivity index (χ1v) is 11.9. The van der Waals surface area contributed by atoms with Crippen molar-refractivity contribution in [2.24, 2.45) is 11.3 Å². The quantitative estimate of drug-likeness (QED) is 0.549. The Balaban J connectivity index is 1.42. The number of ether oxygens (including phenoxy) is 1. The molecule has 1 aliphatic heterocycles. The van der Waals surface area contributed by atoms with Gasteiger partial charge in [0.05, 0.1) is 0 Å². The first kappa shape index (κ1) is 24.6. The summed E-state index contributed by atoms with van der Waals surface area (Å²) in [5.41, 5.74) is 1.29. The first-order valence-electron chi connectivity index (χ1n) is 11.9. The molecule has 8 heteroatoms. The normalized spacial score (nSPS) is 24.3. The van der Waals surface area contributed by atoms with Crippen LogP contribution < -0.4 is 0 Å². The molecule has 186 valence electrons. The van der Waals surface area contributed by atoms with Crippen molar-refractivity contribution in [2.45, 2.75) is 77.2 Å². The standard InChI is InChI=1S/C26H33F3N2O3/c1-5-18(11-17-9-7-6-8-10-17)20-12-21(20)31(22(32)26(27,28)29)19-13-25(14-19)15-30(16-25)23(33)34-24(2,3)4/h6-11,19-21H,5,12-16H2,1-4H3/b18-11+/t20-,21+/m0/s1. The summed E-state index contributed by atoms with van der Waals surface area (Å²) in [6, 6.07) is 8.84. The van der Waals surface area contributed by atoms with Crippen LogP contribution in [0.3, 0.4) is 0 Å². The fourth-order valence-corrected chi connectivity index (χ4v) is 5.47. The predicted molar refractivity (Wildman–Crippen MR) is 123 cm³/mol. The molecule has 3 fully saturated rings. The SMILES string of the molecule is CC/C(=C\c1ccccc1)[C@@H]1C[C@H]1N(C(=O)C(F)(F)F)C1CC2(C1)CN(C(=O)OC(C)(C)C)C2. The fourth-order valence-electron chi connectivity index (χ4n) is 5.47. The van der Waals surface area contributed by atoms with Crippen LogP contribution in [0.25, 0.3) is 6.08 Å². The second-order valence-corrected chi connectivity index (χ2v) is 11.0. The van der Waals surface area contributed by atoms with Gasteiger partial charge in [0.1, 0.15) is 5.60 Å². The second kappa shape index (κ2) is 8.61. The predicted octanol–water partition coefficient (Wildman–Crippen LogP) is 5.66. The summed E-state index contributed by atoms with van der Waals surface area (Å²) < 4.78 is 45.9. The number of likely N-dealkylation sites (tertiary alicyclic amines) is 1. The third-order valence-corrected chi connectivity index (χ3v) is 7.06. The van der Waals surface area contributed by atoms with Gasteiger partial charge in [-0.05, 0) is 52.0 Å². The average molecular weight is 479 g/mol. The highest BCUT2D eigenvalue weighted by atomic mass is 19.4. The molecule has 0 radical (unpaired) electrons. The topological polar surface area (TPSA) is 49.9 Å². The van der Waals surface area contributed by atoms with Gasteiger partial charge in [-0.25, -0.2) is 4.79 Å². The van der Waals surface area contributed by atoms with Crippen molar-refractivity contribution in [3.05, 3.63) is 41.5 Å². The van der Waals surface area contributed by atoms with Crippen LogP contribution in [-0.2, 0) is 9.53 Å². The molecule has 2 aliphatic carbocycles.